The number of carboxylic acids is 1. The Labute approximate surface area is 120 Å². The Morgan fingerprint density at radius 3 is 2.68 bits per heavy atom. The van der Waals surface area contributed by atoms with Crippen molar-refractivity contribution in [2.24, 2.45) is 11.8 Å². The Bertz CT molecular complexity index is 362. The van der Waals surface area contributed by atoms with Gasteiger partial charge in [-0.3, -0.25) is 4.79 Å². The average molecular weight is 283 g/mol. The summed E-state index contributed by atoms with van der Waals surface area (Å²) < 4.78 is 0. The van der Waals surface area contributed by atoms with Gasteiger partial charge in [-0.05, 0) is 54.5 Å². The molecule has 1 heterocycles. The number of carbonyl (C=O) groups is 1. The van der Waals surface area contributed by atoms with Crippen molar-refractivity contribution in [2.45, 2.75) is 46.1 Å². The zero-order valence-corrected chi connectivity index (χ0v) is 12.9. The number of hydrogen-bond acceptors (Lipinski definition) is 3. The van der Waals surface area contributed by atoms with Gasteiger partial charge in [-0.2, -0.15) is 11.3 Å². The lowest BCUT2D eigenvalue weighted by atomic mass is 9.96. The van der Waals surface area contributed by atoms with Gasteiger partial charge < -0.3 is 10.4 Å². The molecule has 1 aromatic heterocycles. The molecule has 3 nitrogen and oxygen atoms in total. The number of carboxylic acid groups (broad SMARTS) is 1. The second kappa shape index (κ2) is 8.33. The SMILES string of the molecule is CC(C)CC(CNC(C)CCc1ccsc1)C(=O)O. The van der Waals surface area contributed by atoms with Crippen LogP contribution in [0.25, 0.3) is 0 Å². The van der Waals surface area contributed by atoms with Crippen molar-refractivity contribution < 1.29 is 9.90 Å². The first kappa shape index (κ1) is 16.2. The third kappa shape index (κ3) is 6.73. The van der Waals surface area contributed by atoms with E-state index < -0.39 is 5.97 Å². The van der Waals surface area contributed by atoms with Gasteiger partial charge in [0.15, 0.2) is 0 Å². The summed E-state index contributed by atoms with van der Waals surface area (Å²) in [6, 6.07) is 2.50. The highest BCUT2D eigenvalue weighted by atomic mass is 32.1. The Hall–Kier alpha value is -0.870. The van der Waals surface area contributed by atoms with E-state index in [4.69, 9.17) is 0 Å². The number of aryl methyl sites for hydroxylation is 1. The van der Waals surface area contributed by atoms with E-state index in [1.54, 1.807) is 11.3 Å². The quantitative estimate of drug-likeness (QED) is 0.730. The van der Waals surface area contributed by atoms with Gasteiger partial charge >= 0.3 is 5.97 Å². The van der Waals surface area contributed by atoms with Crippen LogP contribution in [0.3, 0.4) is 0 Å². The Balaban J connectivity index is 2.27. The molecule has 0 bridgehead atoms. The van der Waals surface area contributed by atoms with Crippen molar-refractivity contribution in [2.75, 3.05) is 6.54 Å². The fourth-order valence-corrected chi connectivity index (χ4v) is 2.81. The molecular weight excluding hydrogens is 258 g/mol. The second-order valence-electron chi connectivity index (χ2n) is 5.64. The molecule has 2 atom stereocenters. The predicted molar refractivity (Wildman–Crippen MR) is 80.7 cm³/mol. The zero-order valence-electron chi connectivity index (χ0n) is 12.1. The standard InChI is InChI=1S/C15H25NO2S/c1-11(2)8-14(15(17)18)9-16-12(3)4-5-13-6-7-19-10-13/h6-7,10-12,14,16H,4-5,8-9H2,1-3H3,(H,17,18). The first-order valence-electron chi connectivity index (χ1n) is 6.96. The van der Waals surface area contributed by atoms with Gasteiger partial charge in [0.05, 0.1) is 5.92 Å². The molecule has 0 radical (unpaired) electrons. The van der Waals surface area contributed by atoms with Crippen molar-refractivity contribution in [3.63, 3.8) is 0 Å². The van der Waals surface area contributed by atoms with E-state index in [0.717, 1.165) is 19.3 Å². The number of aliphatic carboxylic acids is 1. The van der Waals surface area contributed by atoms with Gasteiger partial charge in [-0.15, -0.1) is 0 Å². The molecule has 0 aromatic carbocycles. The van der Waals surface area contributed by atoms with Crippen molar-refractivity contribution >= 4 is 17.3 Å². The minimum atomic E-state index is -0.689. The minimum Gasteiger partial charge on any atom is -0.481 e. The summed E-state index contributed by atoms with van der Waals surface area (Å²) in [7, 11) is 0. The van der Waals surface area contributed by atoms with Crippen molar-refractivity contribution in [3.8, 4) is 0 Å². The Morgan fingerprint density at radius 2 is 2.16 bits per heavy atom. The molecule has 0 aliphatic rings. The van der Waals surface area contributed by atoms with Crippen LogP contribution >= 0.6 is 11.3 Å². The summed E-state index contributed by atoms with van der Waals surface area (Å²) in [5, 5.41) is 16.8. The Morgan fingerprint density at radius 1 is 1.42 bits per heavy atom. The third-order valence-corrected chi connectivity index (χ3v) is 4.00. The second-order valence-corrected chi connectivity index (χ2v) is 6.42. The maximum absolute atomic E-state index is 11.2. The van der Waals surface area contributed by atoms with Crippen LogP contribution in [0.4, 0.5) is 0 Å². The molecule has 0 aliphatic heterocycles. The first-order chi connectivity index (χ1) is 8.99. The number of hydrogen-bond donors (Lipinski definition) is 2. The lowest BCUT2D eigenvalue weighted by Gasteiger charge is -2.19. The average Bonchev–Trinajstić information content (AvgIpc) is 2.84. The zero-order chi connectivity index (χ0) is 14.3. The smallest absolute Gasteiger partial charge is 0.307 e. The summed E-state index contributed by atoms with van der Waals surface area (Å²) in [5.74, 6) is -0.543. The molecule has 0 spiro atoms. The first-order valence-corrected chi connectivity index (χ1v) is 7.90. The van der Waals surface area contributed by atoms with Crippen LogP contribution in [0.2, 0.25) is 0 Å². The van der Waals surface area contributed by atoms with Gasteiger partial charge in [0.2, 0.25) is 0 Å². The van der Waals surface area contributed by atoms with Crippen molar-refractivity contribution in [1.29, 1.82) is 0 Å². The fraction of sp³-hybridized carbons (Fsp3) is 0.667. The van der Waals surface area contributed by atoms with Gasteiger partial charge in [-0.1, -0.05) is 13.8 Å². The van der Waals surface area contributed by atoms with E-state index in [0.29, 0.717) is 18.5 Å². The van der Waals surface area contributed by atoms with E-state index in [1.807, 2.05) is 0 Å². The minimum absolute atomic E-state index is 0.274. The molecule has 2 unspecified atom stereocenters. The van der Waals surface area contributed by atoms with Crippen LogP contribution in [0, 0.1) is 11.8 Å². The van der Waals surface area contributed by atoms with Crippen LogP contribution in [-0.4, -0.2) is 23.7 Å². The van der Waals surface area contributed by atoms with Gasteiger partial charge in [0, 0.05) is 12.6 Å². The molecule has 19 heavy (non-hydrogen) atoms. The number of thiophene rings is 1. The van der Waals surface area contributed by atoms with E-state index in [1.165, 1.54) is 5.56 Å². The van der Waals surface area contributed by atoms with Crippen LogP contribution in [0.5, 0.6) is 0 Å². The van der Waals surface area contributed by atoms with Crippen LogP contribution in [-0.2, 0) is 11.2 Å². The highest BCUT2D eigenvalue weighted by Crippen LogP contribution is 2.13. The highest BCUT2D eigenvalue weighted by molar-refractivity contribution is 7.07. The van der Waals surface area contributed by atoms with Crippen LogP contribution < -0.4 is 5.32 Å². The third-order valence-electron chi connectivity index (χ3n) is 3.26. The van der Waals surface area contributed by atoms with E-state index in [9.17, 15) is 9.90 Å². The largest absolute Gasteiger partial charge is 0.481 e. The molecule has 108 valence electrons. The van der Waals surface area contributed by atoms with Gasteiger partial charge in [-0.25, -0.2) is 0 Å². The molecule has 4 heteroatoms. The maximum atomic E-state index is 11.2. The van der Waals surface area contributed by atoms with E-state index in [-0.39, 0.29) is 5.92 Å². The molecule has 1 aromatic rings. The number of nitrogens with one attached hydrogen (secondary N) is 1. The van der Waals surface area contributed by atoms with Gasteiger partial charge in [0.1, 0.15) is 0 Å². The summed E-state index contributed by atoms with van der Waals surface area (Å²) >= 11 is 1.72. The lowest BCUT2D eigenvalue weighted by Crippen LogP contribution is -2.35. The van der Waals surface area contributed by atoms with Crippen molar-refractivity contribution in [1.82, 2.24) is 5.32 Å². The Kier molecular flexibility index (Phi) is 7.10. The van der Waals surface area contributed by atoms with E-state index in [2.05, 4.69) is 42.9 Å². The molecule has 0 saturated carbocycles. The normalized spacial score (nSPS) is 14.5. The molecule has 0 amide bonds. The number of rotatable bonds is 9. The molecule has 0 saturated heterocycles. The van der Waals surface area contributed by atoms with E-state index >= 15 is 0 Å². The van der Waals surface area contributed by atoms with Gasteiger partial charge in [0.25, 0.3) is 0 Å². The van der Waals surface area contributed by atoms with Crippen LogP contribution in [0.15, 0.2) is 16.8 Å². The molecule has 0 aliphatic carbocycles. The molecule has 0 fully saturated rings. The predicted octanol–water partition coefficient (Wildman–Crippen LogP) is 3.41. The fourth-order valence-electron chi connectivity index (χ4n) is 2.10. The molecular formula is C15H25NO2S. The highest BCUT2D eigenvalue weighted by Gasteiger charge is 2.19. The van der Waals surface area contributed by atoms with Crippen LogP contribution in [0.1, 0.15) is 39.2 Å². The lowest BCUT2D eigenvalue weighted by molar-refractivity contribution is -0.142. The summed E-state index contributed by atoms with van der Waals surface area (Å²) in [5.41, 5.74) is 1.37. The summed E-state index contributed by atoms with van der Waals surface area (Å²) in [6.45, 7) is 6.82. The monoisotopic (exact) mass is 283 g/mol. The molecule has 1 rings (SSSR count). The summed E-state index contributed by atoms with van der Waals surface area (Å²) in [4.78, 5) is 11.2. The summed E-state index contributed by atoms with van der Waals surface area (Å²) in [6.07, 6.45) is 2.84. The molecule has 2 N–H and O–H groups in total. The maximum Gasteiger partial charge on any atom is 0.307 e. The topological polar surface area (TPSA) is 49.3 Å². The van der Waals surface area contributed by atoms with Crippen molar-refractivity contribution in [3.05, 3.63) is 22.4 Å².